The van der Waals surface area contributed by atoms with E-state index in [9.17, 15) is 9.18 Å². The summed E-state index contributed by atoms with van der Waals surface area (Å²) < 4.78 is 16.0. The van der Waals surface area contributed by atoms with E-state index >= 15 is 0 Å². The summed E-state index contributed by atoms with van der Waals surface area (Å²) in [5, 5.41) is 0. The summed E-state index contributed by atoms with van der Waals surface area (Å²) in [7, 11) is 1.17. The van der Waals surface area contributed by atoms with Gasteiger partial charge >= 0.3 is 5.97 Å². The first-order valence-electron chi connectivity index (χ1n) is 2.48. The number of halogens is 1. The first-order chi connectivity index (χ1) is 4.04. The van der Waals surface area contributed by atoms with Crippen molar-refractivity contribution in [3.8, 4) is 0 Å². The molecule has 9 heavy (non-hydrogen) atoms. The van der Waals surface area contributed by atoms with Crippen LogP contribution in [0.1, 0.15) is 6.92 Å². The predicted molar refractivity (Wildman–Crippen MR) is 30.6 cm³/mol. The van der Waals surface area contributed by atoms with Crippen LogP contribution in [-0.4, -0.2) is 25.3 Å². The molecule has 4 heteroatoms. The lowest BCUT2D eigenvalue weighted by Gasteiger charge is -2.15. The topological polar surface area (TPSA) is 52.3 Å². The Morgan fingerprint density at radius 1 is 1.89 bits per heavy atom. The lowest BCUT2D eigenvalue weighted by molar-refractivity contribution is -0.146. The summed E-state index contributed by atoms with van der Waals surface area (Å²) in [5.74, 6) is -0.731. The molecule has 0 aliphatic rings. The Kier molecular flexibility index (Phi) is 2.58. The van der Waals surface area contributed by atoms with E-state index in [1.165, 1.54) is 14.0 Å². The fourth-order valence-electron chi connectivity index (χ4n) is 0.288. The fourth-order valence-corrected chi connectivity index (χ4v) is 0.288. The molecule has 0 amide bonds. The van der Waals surface area contributed by atoms with E-state index in [0.717, 1.165) is 0 Å². The van der Waals surface area contributed by atoms with Crippen molar-refractivity contribution < 1.29 is 13.9 Å². The smallest absolute Gasteiger partial charge is 0.328 e. The number of nitrogens with two attached hydrogens (primary N) is 1. The molecule has 0 radical (unpaired) electrons. The van der Waals surface area contributed by atoms with E-state index in [1.54, 1.807) is 0 Å². The van der Waals surface area contributed by atoms with Crippen LogP contribution < -0.4 is 5.73 Å². The van der Waals surface area contributed by atoms with E-state index in [2.05, 4.69) is 4.74 Å². The van der Waals surface area contributed by atoms with Gasteiger partial charge in [0.25, 0.3) is 0 Å². The number of hydrogen-bond donors (Lipinski definition) is 1. The van der Waals surface area contributed by atoms with E-state index in [4.69, 9.17) is 5.73 Å². The van der Waals surface area contributed by atoms with Gasteiger partial charge in [0.15, 0.2) is 0 Å². The van der Waals surface area contributed by atoms with Crippen LogP contribution in [0.4, 0.5) is 4.39 Å². The number of ether oxygens (including phenoxy) is 1. The lowest BCUT2D eigenvalue weighted by atomic mass is 10.1. The number of carbonyl (C=O) groups is 1. The summed E-state index contributed by atoms with van der Waals surface area (Å²) in [4.78, 5) is 10.5. The first kappa shape index (κ1) is 8.36. The minimum Gasteiger partial charge on any atom is -0.468 e. The lowest BCUT2D eigenvalue weighted by Crippen LogP contribution is -2.47. The van der Waals surface area contributed by atoms with Crippen LogP contribution in [0.3, 0.4) is 0 Å². The zero-order valence-corrected chi connectivity index (χ0v) is 5.48. The van der Waals surface area contributed by atoms with Gasteiger partial charge in [0.1, 0.15) is 12.2 Å². The summed E-state index contributed by atoms with van der Waals surface area (Å²) in [6, 6.07) is 0. The van der Waals surface area contributed by atoms with Crippen LogP contribution in [-0.2, 0) is 9.53 Å². The summed E-state index contributed by atoms with van der Waals surface area (Å²) in [5.41, 5.74) is 3.64. The third-order valence-electron chi connectivity index (χ3n) is 0.929. The highest BCUT2D eigenvalue weighted by Crippen LogP contribution is 2.01. The molecule has 0 aromatic heterocycles. The molecule has 1 unspecified atom stereocenters. The van der Waals surface area contributed by atoms with Gasteiger partial charge in [0.05, 0.1) is 7.11 Å². The number of hydrogen-bond acceptors (Lipinski definition) is 3. The quantitative estimate of drug-likeness (QED) is 0.535. The molecule has 3 nitrogen and oxygen atoms in total. The molecule has 0 saturated carbocycles. The number of esters is 1. The van der Waals surface area contributed by atoms with Crippen LogP contribution in [0.15, 0.2) is 0 Å². The molecule has 0 fully saturated rings. The third-order valence-corrected chi connectivity index (χ3v) is 0.929. The Morgan fingerprint density at radius 2 is 2.33 bits per heavy atom. The Balaban J connectivity index is 3.97. The van der Waals surface area contributed by atoms with Crippen molar-refractivity contribution in [2.24, 2.45) is 5.73 Å². The SMILES string of the molecule is COC(=O)C(C)(N)CF. The van der Waals surface area contributed by atoms with Crippen molar-refractivity contribution in [2.45, 2.75) is 12.5 Å². The largest absolute Gasteiger partial charge is 0.468 e. The molecule has 0 aliphatic carbocycles. The minimum absolute atomic E-state index is 0.731. The standard InChI is InChI=1S/C5H10FNO2/c1-5(7,3-6)4(8)9-2/h3,7H2,1-2H3. The molecule has 0 bridgehead atoms. The minimum atomic E-state index is -1.48. The summed E-state index contributed by atoms with van der Waals surface area (Å²) in [6.07, 6.45) is 0. The van der Waals surface area contributed by atoms with Gasteiger partial charge in [-0.3, -0.25) is 0 Å². The Hall–Kier alpha value is -0.640. The van der Waals surface area contributed by atoms with Crippen molar-refractivity contribution >= 4 is 5.97 Å². The normalized spacial score (nSPS) is 16.4. The first-order valence-corrected chi connectivity index (χ1v) is 2.48. The highest BCUT2D eigenvalue weighted by molar-refractivity contribution is 5.79. The van der Waals surface area contributed by atoms with Gasteiger partial charge in [-0.25, -0.2) is 9.18 Å². The molecule has 0 rings (SSSR count). The molecular weight excluding hydrogens is 125 g/mol. The Morgan fingerprint density at radius 3 is 2.44 bits per heavy atom. The number of carbonyl (C=O) groups excluding carboxylic acids is 1. The molecule has 0 aromatic carbocycles. The fraction of sp³-hybridized carbons (Fsp3) is 0.800. The number of rotatable bonds is 2. The maximum atomic E-state index is 11.8. The average Bonchev–Trinajstić information content (AvgIpc) is 1.86. The van der Waals surface area contributed by atoms with Gasteiger partial charge in [0.2, 0.25) is 0 Å². The zero-order valence-electron chi connectivity index (χ0n) is 5.48. The van der Waals surface area contributed by atoms with Crippen LogP contribution >= 0.6 is 0 Å². The highest BCUT2D eigenvalue weighted by atomic mass is 19.1. The van der Waals surface area contributed by atoms with E-state index < -0.39 is 18.2 Å². The van der Waals surface area contributed by atoms with Crippen molar-refractivity contribution in [1.29, 1.82) is 0 Å². The van der Waals surface area contributed by atoms with Gasteiger partial charge < -0.3 is 10.5 Å². The molecule has 0 aliphatic heterocycles. The molecule has 0 saturated heterocycles. The second-order valence-corrected chi connectivity index (χ2v) is 2.04. The number of alkyl halides is 1. The maximum absolute atomic E-state index is 11.8. The Bertz CT molecular complexity index is 114. The summed E-state index contributed by atoms with van der Waals surface area (Å²) >= 11 is 0. The van der Waals surface area contributed by atoms with Gasteiger partial charge in [-0.2, -0.15) is 0 Å². The molecular formula is C5H10FNO2. The van der Waals surface area contributed by atoms with Crippen LogP contribution in [0.5, 0.6) is 0 Å². The molecule has 1 atom stereocenters. The van der Waals surface area contributed by atoms with Gasteiger partial charge in [-0.15, -0.1) is 0 Å². The van der Waals surface area contributed by atoms with E-state index in [1.807, 2.05) is 0 Å². The van der Waals surface area contributed by atoms with E-state index in [0.29, 0.717) is 0 Å². The van der Waals surface area contributed by atoms with Gasteiger partial charge in [-0.05, 0) is 6.92 Å². The second-order valence-electron chi connectivity index (χ2n) is 2.04. The van der Waals surface area contributed by atoms with Gasteiger partial charge in [-0.1, -0.05) is 0 Å². The highest BCUT2D eigenvalue weighted by Gasteiger charge is 2.28. The molecule has 0 aromatic rings. The Labute approximate surface area is 53.0 Å². The zero-order chi connectivity index (χ0) is 7.49. The predicted octanol–water partition coefficient (Wildman–Crippen LogP) is -0.154. The molecule has 0 spiro atoms. The van der Waals surface area contributed by atoms with Crippen molar-refractivity contribution in [1.82, 2.24) is 0 Å². The van der Waals surface area contributed by atoms with Gasteiger partial charge in [0, 0.05) is 0 Å². The molecule has 0 heterocycles. The molecule has 54 valence electrons. The van der Waals surface area contributed by atoms with Crippen molar-refractivity contribution in [3.63, 3.8) is 0 Å². The van der Waals surface area contributed by atoms with Crippen molar-refractivity contribution in [3.05, 3.63) is 0 Å². The van der Waals surface area contributed by atoms with Crippen LogP contribution in [0.25, 0.3) is 0 Å². The maximum Gasteiger partial charge on any atom is 0.328 e. The van der Waals surface area contributed by atoms with Crippen LogP contribution in [0.2, 0.25) is 0 Å². The number of methoxy groups -OCH3 is 1. The monoisotopic (exact) mass is 135 g/mol. The molecule has 2 N–H and O–H groups in total. The second kappa shape index (κ2) is 2.77. The van der Waals surface area contributed by atoms with E-state index in [-0.39, 0.29) is 0 Å². The van der Waals surface area contributed by atoms with Crippen LogP contribution in [0, 0.1) is 0 Å². The van der Waals surface area contributed by atoms with Crippen molar-refractivity contribution in [2.75, 3.05) is 13.8 Å². The summed E-state index contributed by atoms with van der Waals surface area (Å²) in [6.45, 7) is 0.374. The average molecular weight is 135 g/mol. The third kappa shape index (κ3) is 1.97.